The molecule has 0 spiro atoms. The maximum atomic E-state index is 12.3. The van der Waals surface area contributed by atoms with Crippen LogP contribution in [0.3, 0.4) is 0 Å². The van der Waals surface area contributed by atoms with Gasteiger partial charge in [-0.3, -0.25) is 0 Å². The second-order valence-electron chi connectivity index (χ2n) is 3.18. The number of halogens is 1. The molecule has 2 heteroatoms. The topological polar surface area (TPSA) is 9.23 Å². The van der Waals surface area contributed by atoms with E-state index in [1.54, 1.807) is 12.1 Å². The zero-order valence-electron chi connectivity index (χ0n) is 9.38. The van der Waals surface area contributed by atoms with Crippen LogP contribution in [0.25, 0.3) is 0 Å². The van der Waals surface area contributed by atoms with Gasteiger partial charge in [-0.05, 0) is 24.6 Å². The smallest absolute Gasteiger partial charge is 0.235 e. The quantitative estimate of drug-likeness (QED) is 0.695. The van der Waals surface area contributed by atoms with Crippen LogP contribution in [0.5, 0.6) is 5.75 Å². The number of rotatable bonds is 2. The SMILES string of the molecule is CCC.Cc1cccc(OC(C)F)c1. The van der Waals surface area contributed by atoms with E-state index in [0.717, 1.165) is 5.56 Å². The van der Waals surface area contributed by atoms with Crippen molar-refractivity contribution < 1.29 is 9.13 Å². The fourth-order valence-electron chi connectivity index (χ4n) is 0.876. The van der Waals surface area contributed by atoms with Crippen LogP contribution in [0.4, 0.5) is 4.39 Å². The summed E-state index contributed by atoms with van der Waals surface area (Å²) < 4.78 is 17.1. The first-order valence-electron chi connectivity index (χ1n) is 4.97. The lowest BCUT2D eigenvalue weighted by Crippen LogP contribution is -2.03. The van der Waals surface area contributed by atoms with Gasteiger partial charge in [-0.2, -0.15) is 0 Å². The Bertz CT molecular complexity index is 246. The molecule has 0 radical (unpaired) electrons. The molecular formula is C12H19FO. The van der Waals surface area contributed by atoms with Crippen molar-refractivity contribution in [1.29, 1.82) is 0 Å². The fourth-order valence-corrected chi connectivity index (χ4v) is 0.876. The first-order valence-corrected chi connectivity index (χ1v) is 4.97. The van der Waals surface area contributed by atoms with Gasteiger partial charge in [0.15, 0.2) is 0 Å². The van der Waals surface area contributed by atoms with Crippen molar-refractivity contribution in [2.45, 2.75) is 40.5 Å². The van der Waals surface area contributed by atoms with E-state index in [9.17, 15) is 4.39 Å². The first kappa shape index (κ1) is 12.9. The van der Waals surface area contributed by atoms with Crippen molar-refractivity contribution in [3.63, 3.8) is 0 Å². The summed E-state index contributed by atoms with van der Waals surface area (Å²) in [5.41, 5.74) is 1.07. The Kier molecular flexibility index (Phi) is 6.81. The molecule has 1 unspecified atom stereocenters. The van der Waals surface area contributed by atoms with E-state index in [0.29, 0.717) is 5.75 Å². The summed E-state index contributed by atoms with van der Waals surface area (Å²) in [7, 11) is 0. The molecule has 0 saturated heterocycles. The molecule has 0 aliphatic rings. The van der Waals surface area contributed by atoms with Gasteiger partial charge in [0, 0.05) is 6.92 Å². The van der Waals surface area contributed by atoms with Gasteiger partial charge >= 0.3 is 0 Å². The highest BCUT2D eigenvalue weighted by Gasteiger charge is 1.98. The summed E-state index contributed by atoms with van der Waals surface area (Å²) in [6, 6.07) is 7.32. The van der Waals surface area contributed by atoms with Gasteiger partial charge in [0.1, 0.15) is 5.75 Å². The summed E-state index contributed by atoms with van der Waals surface area (Å²) >= 11 is 0. The van der Waals surface area contributed by atoms with Crippen LogP contribution < -0.4 is 4.74 Å². The van der Waals surface area contributed by atoms with Crippen molar-refractivity contribution in [1.82, 2.24) is 0 Å². The minimum atomic E-state index is -1.24. The van der Waals surface area contributed by atoms with E-state index in [2.05, 4.69) is 13.8 Å². The monoisotopic (exact) mass is 198 g/mol. The van der Waals surface area contributed by atoms with Crippen molar-refractivity contribution in [2.24, 2.45) is 0 Å². The molecule has 1 nitrogen and oxygen atoms in total. The van der Waals surface area contributed by atoms with Crippen LogP contribution in [-0.4, -0.2) is 6.36 Å². The van der Waals surface area contributed by atoms with Crippen LogP contribution in [-0.2, 0) is 0 Å². The summed E-state index contributed by atoms with van der Waals surface area (Å²) in [5, 5.41) is 0. The standard InChI is InChI=1S/C9H11FO.C3H8/c1-7-4-3-5-9(6-7)11-8(2)10;1-3-2/h3-6,8H,1-2H3;3H2,1-2H3. The molecule has 0 amide bonds. The van der Waals surface area contributed by atoms with Gasteiger partial charge in [0.05, 0.1) is 0 Å². The van der Waals surface area contributed by atoms with Crippen LogP contribution in [0.15, 0.2) is 24.3 Å². The van der Waals surface area contributed by atoms with E-state index in [1.165, 1.54) is 13.3 Å². The van der Waals surface area contributed by atoms with Gasteiger partial charge in [0.25, 0.3) is 0 Å². The normalized spacial score (nSPS) is 11.2. The first-order chi connectivity index (χ1) is 6.60. The van der Waals surface area contributed by atoms with Crippen LogP contribution >= 0.6 is 0 Å². The largest absolute Gasteiger partial charge is 0.461 e. The Morgan fingerprint density at radius 1 is 1.36 bits per heavy atom. The third-order valence-electron chi connectivity index (χ3n) is 1.29. The molecule has 80 valence electrons. The highest BCUT2D eigenvalue weighted by molar-refractivity contribution is 5.27. The number of alkyl halides is 1. The number of benzene rings is 1. The Hall–Kier alpha value is -1.05. The molecular weight excluding hydrogens is 179 g/mol. The third-order valence-corrected chi connectivity index (χ3v) is 1.29. The summed E-state index contributed by atoms with van der Waals surface area (Å²) in [5.74, 6) is 0.583. The van der Waals surface area contributed by atoms with Crippen molar-refractivity contribution in [3.8, 4) is 5.75 Å². The number of aryl methyl sites for hydroxylation is 1. The molecule has 0 aliphatic carbocycles. The molecule has 0 fully saturated rings. The van der Waals surface area contributed by atoms with Crippen LogP contribution in [0.2, 0.25) is 0 Å². The fraction of sp³-hybridized carbons (Fsp3) is 0.500. The van der Waals surface area contributed by atoms with Crippen molar-refractivity contribution in [3.05, 3.63) is 29.8 Å². The van der Waals surface area contributed by atoms with Gasteiger partial charge in [-0.1, -0.05) is 32.4 Å². The minimum absolute atomic E-state index is 0.583. The lowest BCUT2D eigenvalue weighted by atomic mass is 10.2. The minimum Gasteiger partial charge on any atom is -0.461 e. The maximum Gasteiger partial charge on any atom is 0.235 e. The summed E-state index contributed by atoms with van der Waals surface area (Å²) in [6.07, 6.45) is 0.0109. The molecule has 1 aromatic rings. The summed E-state index contributed by atoms with van der Waals surface area (Å²) in [6.45, 7) is 7.55. The molecule has 0 heterocycles. The van der Waals surface area contributed by atoms with Gasteiger partial charge in [0.2, 0.25) is 6.36 Å². The molecule has 0 N–H and O–H groups in total. The van der Waals surface area contributed by atoms with Crippen molar-refractivity contribution >= 4 is 0 Å². The van der Waals surface area contributed by atoms with E-state index in [4.69, 9.17) is 4.74 Å². The Morgan fingerprint density at radius 2 is 1.93 bits per heavy atom. The zero-order valence-corrected chi connectivity index (χ0v) is 9.38. The summed E-state index contributed by atoms with van der Waals surface area (Å²) in [4.78, 5) is 0. The Balaban J connectivity index is 0.000000500. The van der Waals surface area contributed by atoms with Crippen molar-refractivity contribution in [2.75, 3.05) is 0 Å². The molecule has 0 bridgehead atoms. The van der Waals surface area contributed by atoms with Gasteiger partial charge in [-0.15, -0.1) is 0 Å². The highest BCUT2D eigenvalue weighted by Crippen LogP contribution is 2.13. The number of hydrogen-bond acceptors (Lipinski definition) is 1. The molecule has 0 aromatic heterocycles. The van der Waals surface area contributed by atoms with E-state index < -0.39 is 6.36 Å². The third kappa shape index (κ3) is 6.46. The Morgan fingerprint density at radius 3 is 2.36 bits per heavy atom. The molecule has 1 atom stereocenters. The molecule has 0 aliphatic heterocycles. The number of hydrogen-bond donors (Lipinski definition) is 0. The zero-order chi connectivity index (χ0) is 11.0. The average Bonchev–Trinajstić information content (AvgIpc) is 2.03. The highest BCUT2D eigenvalue weighted by atomic mass is 19.1. The lowest BCUT2D eigenvalue weighted by molar-refractivity contribution is 0.0860. The molecule has 1 rings (SSSR count). The molecule has 0 saturated carbocycles. The Labute approximate surface area is 85.9 Å². The van der Waals surface area contributed by atoms with Gasteiger partial charge in [-0.25, -0.2) is 4.39 Å². The molecule has 14 heavy (non-hydrogen) atoms. The van der Waals surface area contributed by atoms with E-state index in [-0.39, 0.29) is 0 Å². The lowest BCUT2D eigenvalue weighted by Gasteiger charge is -2.06. The predicted molar refractivity (Wildman–Crippen MR) is 58.3 cm³/mol. The van der Waals surface area contributed by atoms with Gasteiger partial charge < -0.3 is 4.74 Å². The average molecular weight is 198 g/mol. The second kappa shape index (κ2) is 7.36. The second-order valence-corrected chi connectivity index (χ2v) is 3.18. The molecule has 1 aromatic carbocycles. The van der Waals surface area contributed by atoms with E-state index in [1.807, 2.05) is 19.1 Å². The van der Waals surface area contributed by atoms with Crippen LogP contribution in [0.1, 0.15) is 32.8 Å². The van der Waals surface area contributed by atoms with Crippen LogP contribution in [0, 0.1) is 6.92 Å². The number of ether oxygens (including phenoxy) is 1. The maximum absolute atomic E-state index is 12.3. The van der Waals surface area contributed by atoms with E-state index >= 15 is 0 Å². The predicted octanol–water partition coefficient (Wildman–Crippen LogP) is 4.11.